The van der Waals surface area contributed by atoms with Gasteiger partial charge in [-0.25, -0.2) is 9.97 Å². The van der Waals surface area contributed by atoms with Crippen LogP contribution in [0.1, 0.15) is 31.4 Å². The fourth-order valence-corrected chi connectivity index (χ4v) is 2.64. The zero-order chi connectivity index (χ0) is 14.7. The number of aromatic nitrogens is 2. The van der Waals surface area contributed by atoms with E-state index >= 15 is 0 Å². The van der Waals surface area contributed by atoms with E-state index < -0.39 is 0 Å². The number of anilines is 2. The van der Waals surface area contributed by atoms with Gasteiger partial charge in [-0.2, -0.15) is 0 Å². The Balaban J connectivity index is 1.73. The summed E-state index contributed by atoms with van der Waals surface area (Å²) in [5.74, 6) is 2.07. The van der Waals surface area contributed by atoms with Crippen molar-refractivity contribution in [1.82, 2.24) is 9.97 Å². The summed E-state index contributed by atoms with van der Waals surface area (Å²) in [6, 6.07) is 9.33. The van der Waals surface area contributed by atoms with E-state index in [9.17, 15) is 5.11 Å². The standard InChI is InChI=1S/C16H20N4O/c1-12(13-5-4-6-14(21)9-13)19-15-10-16(18-11-17-15)20-7-2-3-8-20/h4-6,9-12,21H,2-3,7-8H2,1H3,(H,17,18,19)/t12-/m1/s1. The fourth-order valence-electron chi connectivity index (χ4n) is 2.64. The summed E-state index contributed by atoms with van der Waals surface area (Å²) in [7, 11) is 0. The molecule has 0 aliphatic carbocycles. The first-order valence-electron chi connectivity index (χ1n) is 7.35. The molecule has 3 rings (SSSR count). The molecule has 1 aliphatic rings. The maximum Gasteiger partial charge on any atom is 0.134 e. The lowest BCUT2D eigenvalue weighted by molar-refractivity contribution is 0.474. The van der Waals surface area contributed by atoms with Gasteiger partial charge in [-0.05, 0) is 37.5 Å². The zero-order valence-corrected chi connectivity index (χ0v) is 12.2. The Labute approximate surface area is 124 Å². The summed E-state index contributed by atoms with van der Waals surface area (Å²) in [6.07, 6.45) is 4.06. The van der Waals surface area contributed by atoms with Crippen LogP contribution in [-0.2, 0) is 0 Å². The second-order valence-electron chi connectivity index (χ2n) is 5.42. The van der Waals surface area contributed by atoms with Crippen LogP contribution in [0.4, 0.5) is 11.6 Å². The summed E-state index contributed by atoms with van der Waals surface area (Å²) in [6.45, 7) is 4.18. The minimum atomic E-state index is 0.0680. The van der Waals surface area contributed by atoms with Gasteiger partial charge < -0.3 is 15.3 Å². The molecule has 110 valence electrons. The molecule has 1 atom stereocenters. The van der Waals surface area contributed by atoms with Crippen LogP contribution in [-0.4, -0.2) is 28.2 Å². The van der Waals surface area contributed by atoms with E-state index in [4.69, 9.17) is 0 Å². The van der Waals surface area contributed by atoms with Crippen LogP contribution >= 0.6 is 0 Å². The maximum atomic E-state index is 9.56. The third kappa shape index (κ3) is 3.24. The largest absolute Gasteiger partial charge is 0.508 e. The van der Waals surface area contributed by atoms with Crippen molar-refractivity contribution in [2.45, 2.75) is 25.8 Å². The number of hydrogen-bond donors (Lipinski definition) is 2. The van der Waals surface area contributed by atoms with Crippen molar-refractivity contribution in [3.63, 3.8) is 0 Å². The molecule has 2 N–H and O–H groups in total. The lowest BCUT2D eigenvalue weighted by Crippen LogP contribution is -2.19. The van der Waals surface area contributed by atoms with Gasteiger partial charge in [-0.1, -0.05) is 12.1 Å². The number of rotatable bonds is 4. The van der Waals surface area contributed by atoms with Crippen molar-refractivity contribution >= 4 is 11.6 Å². The minimum Gasteiger partial charge on any atom is -0.508 e. The van der Waals surface area contributed by atoms with Gasteiger partial charge in [0.2, 0.25) is 0 Å². The first kappa shape index (κ1) is 13.7. The predicted octanol–water partition coefficient (Wildman–Crippen LogP) is 2.96. The molecule has 0 saturated carbocycles. The van der Waals surface area contributed by atoms with Crippen LogP contribution in [0, 0.1) is 0 Å². The monoisotopic (exact) mass is 284 g/mol. The Morgan fingerprint density at radius 1 is 1.19 bits per heavy atom. The number of phenols is 1. The average Bonchev–Trinajstić information content (AvgIpc) is 3.02. The van der Waals surface area contributed by atoms with E-state index in [0.29, 0.717) is 0 Å². The van der Waals surface area contributed by atoms with Gasteiger partial charge in [0.1, 0.15) is 23.7 Å². The molecule has 0 radical (unpaired) electrons. The van der Waals surface area contributed by atoms with Gasteiger partial charge in [0, 0.05) is 19.2 Å². The Hall–Kier alpha value is -2.30. The van der Waals surface area contributed by atoms with Crippen molar-refractivity contribution in [3.05, 3.63) is 42.2 Å². The number of nitrogens with one attached hydrogen (secondary N) is 1. The molecule has 1 saturated heterocycles. The molecule has 2 aromatic rings. The molecule has 5 heteroatoms. The number of aromatic hydroxyl groups is 1. The number of benzene rings is 1. The Morgan fingerprint density at radius 2 is 2.00 bits per heavy atom. The van der Waals surface area contributed by atoms with Gasteiger partial charge in [0.25, 0.3) is 0 Å². The topological polar surface area (TPSA) is 61.3 Å². The quantitative estimate of drug-likeness (QED) is 0.904. The lowest BCUT2D eigenvalue weighted by Gasteiger charge is -2.19. The molecule has 5 nitrogen and oxygen atoms in total. The molecule has 0 amide bonds. The van der Waals surface area contributed by atoms with Crippen LogP contribution in [0.3, 0.4) is 0 Å². The average molecular weight is 284 g/mol. The van der Waals surface area contributed by atoms with Gasteiger partial charge >= 0.3 is 0 Å². The van der Waals surface area contributed by atoms with Crippen molar-refractivity contribution in [2.24, 2.45) is 0 Å². The van der Waals surface area contributed by atoms with Crippen LogP contribution in [0.25, 0.3) is 0 Å². The molecule has 1 aromatic heterocycles. The van der Waals surface area contributed by atoms with Gasteiger partial charge in [0.15, 0.2) is 0 Å². The first-order chi connectivity index (χ1) is 10.2. The van der Waals surface area contributed by atoms with E-state index in [-0.39, 0.29) is 11.8 Å². The first-order valence-corrected chi connectivity index (χ1v) is 7.35. The zero-order valence-electron chi connectivity index (χ0n) is 12.2. The molecule has 21 heavy (non-hydrogen) atoms. The number of phenolic OH excluding ortho intramolecular Hbond substituents is 1. The Bertz CT molecular complexity index is 611. The van der Waals surface area contributed by atoms with Crippen LogP contribution < -0.4 is 10.2 Å². The van der Waals surface area contributed by atoms with Crippen LogP contribution in [0.5, 0.6) is 5.75 Å². The molecule has 1 aliphatic heterocycles. The smallest absolute Gasteiger partial charge is 0.134 e. The van der Waals surface area contributed by atoms with Crippen LogP contribution in [0.15, 0.2) is 36.7 Å². The van der Waals surface area contributed by atoms with Crippen molar-refractivity contribution in [1.29, 1.82) is 0 Å². The second-order valence-corrected chi connectivity index (χ2v) is 5.42. The highest BCUT2D eigenvalue weighted by molar-refractivity contribution is 5.50. The maximum absolute atomic E-state index is 9.56. The van der Waals surface area contributed by atoms with Gasteiger partial charge in [-0.15, -0.1) is 0 Å². The summed E-state index contributed by atoms with van der Waals surface area (Å²) < 4.78 is 0. The molecule has 0 spiro atoms. The van der Waals surface area contributed by atoms with Crippen molar-refractivity contribution < 1.29 is 5.11 Å². The van der Waals surface area contributed by atoms with E-state index in [1.807, 2.05) is 25.1 Å². The highest BCUT2D eigenvalue weighted by Crippen LogP contribution is 2.24. The fraction of sp³-hybridized carbons (Fsp3) is 0.375. The van der Waals surface area contributed by atoms with E-state index in [1.54, 1.807) is 18.5 Å². The summed E-state index contributed by atoms with van der Waals surface area (Å²) in [5.41, 5.74) is 1.02. The molecule has 1 fully saturated rings. The van der Waals surface area contributed by atoms with E-state index in [2.05, 4.69) is 20.2 Å². The highest BCUT2D eigenvalue weighted by Gasteiger charge is 2.14. The molecule has 1 aromatic carbocycles. The van der Waals surface area contributed by atoms with Crippen LogP contribution in [0.2, 0.25) is 0 Å². The van der Waals surface area contributed by atoms with Gasteiger partial charge in [0.05, 0.1) is 6.04 Å². The van der Waals surface area contributed by atoms with Gasteiger partial charge in [-0.3, -0.25) is 0 Å². The number of hydrogen-bond acceptors (Lipinski definition) is 5. The van der Waals surface area contributed by atoms with Crippen molar-refractivity contribution in [3.8, 4) is 5.75 Å². The summed E-state index contributed by atoms with van der Waals surface area (Å²) in [5, 5.41) is 12.9. The highest BCUT2D eigenvalue weighted by atomic mass is 16.3. The molecule has 0 unspecified atom stereocenters. The van der Waals surface area contributed by atoms with Crippen molar-refractivity contribution in [2.75, 3.05) is 23.3 Å². The van der Waals surface area contributed by atoms with E-state index in [0.717, 1.165) is 30.3 Å². The Kier molecular flexibility index (Phi) is 3.90. The molecular formula is C16H20N4O. The third-order valence-electron chi connectivity index (χ3n) is 3.82. The molecule has 2 heterocycles. The SMILES string of the molecule is C[C@@H](Nc1cc(N2CCCC2)ncn1)c1cccc(O)c1. The van der Waals surface area contributed by atoms with E-state index in [1.165, 1.54) is 12.8 Å². The normalized spacial score (nSPS) is 16.0. The predicted molar refractivity (Wildman–Crippen MR) is 83.6 cm³/mol. The summed E-state index contributed by atoms with van der Waals surface area (Å²) >= 11 is 0. The number of nitrogens with zero attached hydrogens (tertiary/aromatic N) is 3. The summed E-state index contributed by atoms with van der Waals surface area (Å²) in [4.78, 5) is 10.9. The molecular weight excluding hydrogens is 264 g/mol. The second kappa shape index (κ2) is 5.99. The Morgan fingerprint density at radius 3 is 2.76 bits per heavy atom. The molecule has 0 bridgehead atoms. The third-order valence-corrected chi connectivity index (χ3v) is 3.82. The minimum absolute atomic E-state index is 0.0680. The lowest BCUT2D eigenvalue weighted by atomic mass is 10.1.